The number of aromatic nitrogens is 3. The first-order valence-corrected chi connectivity index (χ1v) is 15.3. The van der Waals surface area contributed by atoms with Crippen LogP contribution in [0.2, 0.25) is 0 Å². The Morgan fingerprint density at radius 2 is 1.04 bits per heavy atom. The number of rotatable bonds is 5. The largest absolute Gasteiger partial charge is 0.299 e. The Morgan fingerprint density at radius 3 is 1.89 bits per heavy atom. The molecule has 45 heavy (non-hydrogen) atoms. The molecule has 3 aromatic heterocycles. The van der Waals surface area contributed by atoms with Gasteiger partial charge in [-0.25, -0.2) is 4.98 Å². The van der Waals surface area contributed by atoms with Crippen LogP contribution >= 0.6 is 0 Å². The fourth-order valence-electron chi connectivity index (χ4n) is 6.51. The van der Waals surface area contributed by atoms with E-state index >= 15 is 0 Å². The third kappa shape index (κ3) is 4.99. The van der Waals surface area contributed by atoms with Crippen LogP contribution in [0.15, 0.2) is 152 Å². The van der Waals surface area contributed by atoms with Crippen molar-refractivity contribution in [3.05, 3.63) is 163 Å². The number of hydrogen-bond acceptors (Lipinski definition) is 2. The van der Waals surface area contributed by atoms with Crippen LogP contribution in [0.25, 0.3) is 72.3 Å². The van der Waals surface area contributed by atoms with Gasteiger partial charge in [-0.05, 0) is 107 Å². The molecule has 0 spiro atoms. The van der Waals surface area contributed by atoms with Gasteiger partial charge in [-0.2, -0.15) is 0 Å². The van der Waals surface area contributed by atoms with E-state index in [1.54, 1.807) is 0 Å². The Morgan fingerprint density at radius 1 is 0.444 bits per heavy atom. The van der Waals surface area contributed by atoms with Gasteiger partial charge in [-0.15, -0.1) is 0 Å². The summed E-state index contributed by atoms with van der Waals surface area (Å²) in [7, 11) is 0. The zero-order chi connectivity index (χ0) is 30.3. The molecule has 0 unspecified atom stereocenters. The number of benzene rings is 5. The van der Waals surface area contributed by atoms with Gasteiger partial charge in [-0.1, -0.05) is 97.1 Å². The molecular weight excluding hydrogens is 546 g/mol. The molecule has 0 amide bonds. The quantitative estimate of drug-likeness (QED) is 0.204. The molecule has 0 saturated carbocycles. The fraction of sp³-hybridized carbons (Fsp3) is 0.0476. The van der Waals surface area contributed by atoms with Gasteiger partial charge in [0, 0.05) is 28.7 Å². The Balaban J connectivity index is 1.34. The van der Waals surface area contributed by atoms with Crippen LogP contribution in [-0.2, 0) is 0 Å². The Bertz CT molecular complexity index is 2320. The second kappa shape index (κ2) is 11.0. The van der Waals surface area contributed by atoms with Gasteiger partial charge in [0.05, 0.1) is 11.4 Å². The van der Waals surface area contributed by atoms with E-state index in [1.165, 1.54) is 33.0 Å². The number of aryl methyl sites for hydroxylation is 2. The third-order valence-electron chi connectivity index (χ3n) is 8.49. The summed E-state index contributed by atoms with van der Waals surface area (Å²) in [6, 6.07) is 52.0. The van der Waals surface area contributed by atoms with E-state index in [2.05, 4.69) is 169 Å². The zero-order valence-electron chi connectivity index (χ0n) is 25.3. The van der Waals surface area contributed by atoms with E-state index in [0.717, 1.165) is 50.7 Å². The number of imidazole rings is 1. The second-order valence-electron chi connectivity index (χ2n) is 11.6. The van der Waals surface area contributed by atoms with Gasteiger partial charge in [0.25, 0.3) is 0 Å². The fourth-order valence-corrected chi connectivity index (χ4v) is 6.51. The van der Waals surface area contributed by atoms with Crippen LogP contribution in [0.4, 0.5) is 0 Å². The molecule has 0 aliphatic carbocycles. The second-order valence-corrected chi connectivity index (χ2v) is 11.6. The summed E-state index contributed by atoms with van der Waals surface area (Å²) >= 11 is 0. The maximum Gasteiger partial charge on any atom is 0.137 e. The highest BCUT2D eigenvalue weighted by Crippen LogP contribution is 2.38. The molecule has 0 bridgehead atoms. The molecule has 0 N–H and O–H groups in total. The van der Waals surface area contributed by atoms with Crippen LogP contribution in [0.1, 0.15) is 11.4 Å². The first kappa shape index (κ1) is 26.8. The van der Waals surface area contributed by atoms with Crippen molar-refractivity contribution in [3.63, 3.8) is 0 Å². The van der Waals surface area contributed by atoms with Crippen molar-refractivity contribution in [1.82, 2.24) is 14.4 Å². The maximum atomic E-state index is 5.13. The summed E-state index contributed by atoms with van der Waals surface area (Å²) in [5.41, 5.74) is 14.3. The summed E-state index contributed by atoms with van der Waals surface area (Å²) in [5.74, 6) is 0. The summed E-state index contributed by atoms with van der Waals surface area (Å²) in [6.07, 6.45) is 2.09. The molecule has 0 aliphatic heterocycles. The van der Waals surface area contributed by atoms with Crippen LogP contribution in [0.3, 0.4) is 0 Å². The van der Waals surface area contributed by atoms with E-state index in [0.29, 0.717) is 0 Å². The Kier molecular flexibility index (Phi) is 6.57. The minimum absolute atomic E-state index is 0.931. The van der Waals surface area contributed by atoms with Crippen molar-refractivity contribution in [2.45, 2.75) is 13.8 Å². The number of nitrogens with zero attached hydrogens (tertiary/aromatic N) is 3. The number of fused-ring (bicyclic) bond motifs is 2. The molecule has 3 heteroatoms. The van der Waals surface area contributed by atoms with E-state index in [4.69, 9.17) is 4.98 Å². The molecule has 8 rings (SSSR count). The third-order valence-corrected chi connectivity index (χ3v) is 8.49. The van der Waals surface area contributed by atoms with Gasteiger partial charge in [0.2, 0.25) is 0 Å². The molecule has 0 aliphatic rings. The molecule has 5 aromatic carbocycles. The normalized spacial score (nSPS) is 11.3. The minimum atomic E-state index is 0.931. The molecule has 3 heterocycles. The average molecular weight is 578 g/mol. The molecule has 3 nitrogen and oxygen atoms in total. The number of pyridine rings is 2. The highest BCUT2D eigenvalue weighted by atomic mass is 15.0. The molecule has 0 atom stereocenters. The summed E-state index contributed by atoms with van der Waals surface area (Å²) in [5, 5.41) is 2.48. The van der Waals surface area contributed by atoms with Gasteiger partial charge in [0.1, 0.15) is 5.65 Å². The lowest BCUT2D eigenvalue weighted by Crippen LogP contribution is -1.91. The first-order valence-electron chi connectivity index (χ1n) is 15.3. The van der Waals surface area contributed by atoms with E-state index in [1.807, 2.05) is 6.07 Å². The Hall–Kier alpha value is -5.80. The lowest BCUT2D eigenvalue weighted by Gasteiger charge is -2.14. The maximum absolute atomic E-state index is 5.13. The molecule has 0 saturated heterocycles. The van der Waals surface area contributed by atoms with E-state index < -0.39 is 0 Å². The van der Waals surface area contributed by atoms with E-state index in [9.17, 15) is 0 Å². The predicted molar refractivity (Wildman–Crippen MR) is 187 cm³/mol. The van der Waals surface area contributed by atoms with Crippen molar-refractivity contribution in [2.75, 3.05) is 0 Å². The highest BCUT2D eigenvalue weighted by Gasteiger charge is 2.17. The molecule has 0 radical (unpaired) electrons. The van der Waals surface area contributed by atoms with Crippen molar-refractivity contribution in [1.29, 1.82) is 0 Å². The lowest BCUT2D eigenvalue weighted by molar-refractivity contribution is 1.12. The van der Waals surface area contributed by atoms with Crippen molar-refractivity contribution >= 4 is 16.4 Å². The molecule has 8 aromatic rings. The predicted octanol–water partition coefficient (Wildman–Crippen LogP) is 10.8. The Labute approximate surface area is 263 Å². The smallest absolute Gasteiger partial charge is 0.137 e. The SMILES string of the molecule is Cc1cc(-c2cc(-c3cccc(-c4nc5ccccn5c4-c4ccccc4)c3)cc(-c3cccc4ccccc34)c2)cc(C)n1. The standard InChI is InChI=1S/C42H31N3/c1-28-22-34(23-29(2)43-28)36-25-35(26-37(27-36)39-19-11-15-30-12-6-7-18-38(30)39)32-16-10-17-33(24-32)41-42(31-13-4-3-5-14-31)45-21-9-8-20-40(45)44-41/h3-27H,1-2H3. The molecule has 0 fully saturated rings. The van der Waals surface area contributed by atoms with Crippen LogP contribution in [0.5, 0.6) is 0 Å². The first-order chi connectivity index (χ1) is 22.1. The van der Waals surface area contributed by atoms with Gasteiger partial charge >= 0.3 is 0 Å². The van der Waals surface area contributed by atoms with Crippen LogP contribution in [-0.4, -0.2) is 14.4 Å². The number of hydrogen-bond donors (Lipinski definition) is 0. The summed E-state index contributed by atoms with van der Waals surface area (Å²) in [6.45, 7) is 4.13. The van der Waals surface area contributed by atoms with Gasteiger partial charge in [0.15, 0.2) is 0 Å². The molecule has 214 valence electrons. The van der Waals surface area contributed by atoms with Crippen LogP contribution in [0, 0.1) is 13.8 Å². The minimum Gasteiger partial charge on any atom is -0.299 e. The summed E-state index contributed by atoms with van der Waals surface area (Å²) in [4.78, 5) is 9.78. The van der Waals surface area contributed by atoms with Crippen molar-refractivity contribution in [3.8, 4) is 55.9 Å². The highest BCUT2D eigenvalue weighted by molar-refractivity contribution is 5.98. The summed E-state index contributed by atoms with van der Waals surface area (Å²) < 4.78 is 2.19. The van der Waals surface area contributed by atoms with Crippen LogP contribution < -0.4 is 0 Å². The average Bonchev–Trinajstić information content (AvgIpc) is 3.48. The van der Waals surface area contributed by atoms with Crippen molar-refractivity contribution in [2.24, 2.45) is 0 Å². The topological polar surface area (TPSA) is 30.2 Å². The van der Waals surface area contributed by atoms with Gasteiger partial charge < -0.3 is 0 Å². The molecular formula is C42H31N3. The van der Waals surface area contributed by atoms with Gasteiger partial charge in [-0.3, -0.25) is 9.38 Å². The van der Waals surface area contributed by atoms with E-state index in [-0.39, 0.29) is 0 Å². The zero-order valence-corrected chi connectivity index (χ0v) is 25.3. The monoisotopic (exact) mass is 577 g/mol. The van der Waals surface area contributed by atoms with Crippen molar-refractivity contribution < 1.29 is 0 Å². The lowest BCUT2D eigenvalue weighted by atomic mass is 9.90.